The van der Waals surface area contributed by atoms with Gasteiger partial charge in [0.15, 0.2) is 11.5 Å². The van der Waals surface area contributed by atoms with E-state index in [0.29, 0.717) is 22.9 Å². The summed E-state index contributed by atoms with van der Waals surface area (Å²) in [7, 11) is 8.99. The number of rotatable bonds is 2. The summed E-state index contributed by atoms with van der Waals surface area (Å²) in [5.74, 6) is 1.89. The maximum absolute atomic E-state index is 5.82. The van der Waals surface area contributed by atoms with Crippen LogP contribution in [0.3, 0.4) is 0 Å². The van der Waals surface area contributed by atoms with E-state index < -0.39 is 0 Å². The average molecular weight is 214 g/mol. The highest BCUT2D eigenvalue weighted by atomic mass is 16.5. The van der Waals surface area contributed by atoms with E-state index in [1.165, 1.54) is 0 Å². The van der Waals surface area contributed by atoms with Crippen LogP contribution in [0.25, 0.3) is 10.9 Å². The summed E-state index contributed by atoms with van der Waals surface area (Å²) in [5.41, 5.74) is 1.20. The highest BCUT2D eigenvalue weighted by molar-refractivity contribution is 6.36. The molecule has 1 aromatic carbocycles. The molecule has 0 amide bonds. The molecule has 0 saturated heterocycles. The van der Waals surface area contributed by atoms with Crippen LogP contribution in [0.1, 0.15) is 5.82 Å². The van der Waals surface area contributed by atoms with Crippen molar-refractivity contribution in [3.63, 3.8) is 0 Å². The van der Waals surface area contributed by atoms with E-state index in [1.807, 2.05) is 0 Å². The second kappa shape index (κ2) is 4.00. The zero-order valence-corrected chi connectivity index (χ0v) is 9.44. The molecule has 0 unspecified atom stereocenters. The first-order valence-corrected chi connectivity index (χ1v) is 4.81. The van der Waals surface area contributed by atoms with Crippen LogP contribution in [-0.2, 0) is 0 Å². The minimum Gasteiger partial charge on any atom is -0.493 e. The number of fused-ring (bicyclic) bond motifs is 1. The monoisotopic (exact) mass is 214 g/mol. The highest BCUT2D eigenvalue weighted by Crippen LogP contribution is 2.30. The van der Waals surface area contributed by atoms with E-state index in [1.54, 1.807) is 33.3 Å². The van der Waals surface area contributed by atoms with Gasteiger partial charge in [-0.2, -0.15) is 0 Å². The van der Waals surface area contributed by atoms with Gasteiger partial charge >= 0.3 is 0 Å². The Morgan fingerprint density at radius 2 is 1.69 bits per heavy atom. The topological polar surface area (TPSA) is 44.2 Å². The Balaban J connectivity index is 2.78. The Bertz CT molecular complexity index is 543. The Hall–Kier alpha value is -1.78. The van der Waals surface area contributed by atoms with Crippen molar-refractivity contribution in [2.75, 3.05) is 14.2 Å². The molecule has 16 heavy (non-hydrogen) atoms. The van der Waals surface area contributed by atoms with Crippen LogP contribution in [0.5, 0.6) is 11.5 Å². The molecule has 0 aliphatic carbocycles. The summed E-state index contributed by atoms with van der Waals surface area (Å²) in [5, 5.41) is 0.767. The van der Waals surface area contributed by atoms with Crippen molar-refractivity contribution in [2.24, 2.45) is 0 Å². The first kappa shape index (κ1) is 10.7. The van der Waals surface area contributed by atoms with Crippen molar-refractivity contribution >= 4 is 24.3 Å². The quantitative estimate of drug-likeness (QED) is 0.692. The molecule has 0 spiro atoms. The van der Waals surface area contributed by atoms with Crippen LogP contribution in [0.2, 0.25) is 0 Å². The van der Waals surface area contributed by atoms with E-state index in [2.05, 4.69) is 9.97 Å². The van der Waals surface area contributed by atoms with Gasteiger partial charge in [-0.1, -0.05) is 0 Å². The van der Waals surface area contributed by atoms with Gasteiger partial charge in [-0.25, -0.2) is 9.97 Å². The molecule has 0 aliphatic rings. The molecule has 80 valence electrons. The molecule has 1 heterocycles. The van der Waals surface area contributed by atoms with Crippen LogP contribution in [-0.4, -0.2) is 32.0 Å². The number of hydrogen-bond acceptors (Lipinski definition) is 4. The lowest BCUT2D eigenvalue weighted by molar-refractivity contribution is 0.356. The number of nitrogens with zero attached hydrogens (tertiary/aromatic N) is 2. The SMILES string of the molecule is [B]c1nc(C)nc2cc(OC)c(OC)cc12. The Morgan fingerprint density at radius 1 is 1.06 bits per heavy atom. The van der Waals surface area contributed by atoms with Gasteiger partial charge in [-0.3, -0.25) is 0 Å². The molecule has 0 aliphatic heterocycles. The Labute approximate surface area is 95.0 Å². The minimum atomic E-state index is 0.448. The Kier molecular flexibility index (Phi) is 2.68. The first-order chi connectivity index (χ1) is 7.65. The number of methoxy groups -OCH3 is 2. The molecule has 0 atom stereocenters. The third-order valence-corrected chi connectivity index (χ3v) is 2.34. The fourth-order valence-electron chi connectivity index (χ4n) is 1.60. The maximum atomic E-state index is 5.82. The van der Waals surface area contributed by atoms with Gasteiger partial charge in [-0.05, 0) is 18.6 Å². The molecule has 0 bridgehead atoms. The van der Waals surface area contributed by atoms with E-state index in [4.69, 9.17) is 17.3 Å². The lowest BCUT2D eigenvalue weighted by atomic mass is 9.98. The molecule has 0 saturated carbocycles. The summed E-state index contributed by atoms with van der Waals surface area (Å²) in [6, 6.07) is 3.57. The molecule has 2 radical (unpaired) electrons. The number of ether oxygens (including phenoxy) is 2. The average Bonchev–Trinajstić information content (AvgIpc) is 2.27. The number of hydrogen-bond donors (Lipinski definition) is 0. The van der Waals surface area contributed by atoms with E-state index in [-0.39, 0.29) is 0 Å². The second-order valence-electron chi connectivity index (χ2n) is 3.38. The van der Waals surface area contributed by atoms with Crippen molar-refractivity contribution in [3.8, 4) is 11.5 Å². The van der Waals surface area contributed by atoms with Crippen LogP contribution in [0, 0.1) is 6.92 Å². The van der Waals surface area contributed by atoms with Gasteiger partial charge < -0.3 is 9.47 Å². The third-order valence-electron chi connectivity index (χ3n) is 2.34. The Morgan fingerprint density at radius 3 is 2.31 bits per heavy atom. The van der Waals surface area contributed by atoms with Gasteiger partial charge in [0.1, 0.15) is 13.7 Å². The molecule has 0 fully saturated rings. The van der Waals surface area contributed by atoms with Crippen LogP contribution >= 0.6 is 0 Å². The van der Waals surface area contributed by atoms with Gasteiger partial charge in [0, 0.05) is 11.5 Å². The fraction of sp³-hybridized carbons (Fsp3) is 0.273. The molecule has 1 aromatic heterocycles. The number of aryl methyl sites for hydroxylation is 1. The maximum Gasteiger partial charge on any atom is 0.162 e. The van der Waals surface area contributed by atoms with Crippen molar-refractivity contribution in [2.45, 2.75) is 6.92 Å². The summed E-state index contributed by atoms with van der Waals surface area (Å²) in [6.45, 7) is 1.80. The van der Waals surface area contributed by atoms with Gasteiger partial charge in [0.2, 0.25) is 0 Å². The van der Waals surface area contributed by atoms with Gasteiger partial charge in [-0.15, -0.1) is 0 Å². The van der Waals surface area contributed by atoms with Gasteiger partial charge in [0.05, 0.1) is 19.7 Å². The van der Waals surface area contributed by atoms with Crippen molar-refractivity contribution < 1.29 is 9.47 Å². The predicted molar refractivity (Wildman–Crippen MR) is 62.8 cm³/mol. The van der Waals surface area contributed by atoms with Crippen LogP contribution < -0.4 is 15.1 Å². The lowest BCUT2D eigenvalue weighted by Crippen LogP contribution is -2.12. The lowest BCUT2D eigenvalue weighted by Gasteiger charge is -2.10. The predicted octanol–water partition coefficient (Wildman–Crippen LogP) is 0.749. The largest absolute Gasteiger partial charge is 0.493 e. The smallest absolute Gasteiger partial charge is 0.162 e. The standard InChI is InChI=1S/C11H11BN2O2/c1-6-13-8-5-10(16-3)9(15-2)4-7(8)11(12)14-6/h4-5H,1-3H3. The highest BCUT2D eigenvalue weighted by Gasteiger charge is 2.09. The van der Waals surface area contributed by atoms with Crippen LogP contribution in [0.4, 0.5) is 0 Å². The third kappa shape index (κ3) is 1.69. The molecular formula is C11H11BN2O2. The number of benzene rings is 1. The summed E-state index contributed by atoms with van der Waals surface area (Å²) in [4.78, 5) is 8.40. The van der Waals surface area contributed by atoms with E-state index in [9.17, 15) is 0 Å². The second-order valence-corrected chi connectivity index (χ2v) is 3.38. The molecule has 5 heteroatoms. The zero-order chi connectivity index (χ0) is 11.7. The van der Waals surface area contributed by atoms with E-state index in [0.717, 1.165) is 10.9 Å². The van der Waals surface area contributed by atoms with Crippen molar-refractivity contribution in [1.29, 1.82) is 0 Å². The molecular weight excluding hydrogens is 203 g/mol. The normalized spacial score (nSPS) is 10.4. The minimum absolute atomic E-state index is 0.448. The summed E-state index contributed by atoms with van der Waals surface area (Å²) >= 11 is 0. The van der Waals surface area contributed by atoms with Crippen molar-refractivity contribution in [3.05, 3.63) is 18.0 Å². The summed E-state index contributed by atoms with van der Waals surface area (Å²) in [6.07, 6.45) is 0. The van der Waals surface area contributed by atoms with Crippen LogP contribution in [0.15, 0.2) is 12.1 Å². The first-order valence-electron chi connectivity index (χ1n) is 4.81. The van der Waals surface area contributed by atoms with E-state index >= 15 is 0 Å². The zero-order valence-electron chi connectivity index (χ0n) is 9.44. The molecule has 2 rings (SSSR count). The molecule has 0 N–H and O–H groups in total. The van der Waals surface area contributed by atoms with Gasteiger partial charge in [0.25, 0.3) is 0 Å². The number of aromatic nitrogens is 2. The van der Waals surface area contributed by atoms with Crippen molar-refractivity contribution in [1.82, 2.24) is 9.97 Å². The fourth-order valence-corrected chi connectivity index (χ4v) is 1.60. The molecule has 2 aromatic rings. The molecule has 4 nitrogen and oxygen atoms in total. The summed E-state index contributed by atoms with van der Waals surface area (Å²) < 4.78 is 10.4.